The molecule has 0 aliphatic heterocycles. The van der Waals surface area contributed by atoms with Gasteiger partial charge in [0.25, 0.3) is 0 Å². The minimum absolute atomic E-state index is 0.217. The zero-order valence-corrected chi connectivity index (χ0v) is 22.6. The monoisotopic (exact) mass is 549 g/mol. The molecule has 1 N–H and O–H groups in total. The summed E-state index contributed by atoms with van der Waals surface area (Å²) >= 11 is 0. The van der Waals surface area contributed by atoms with Crippen LogP contribution in [0.2, 0.25) is 0 Å². The predicted molar refractivity (Wildman–Crippen MR) is 146 cm³/mol. The van der Waals surface area contributed by atoms with Gasteiger partial charge >= 0.3 is 6.18 Å². The largest absolute Gasteiger partial charge is 0.392 e. The molecule has 1 aromatic heterocycles. The van der Waals surface area contributed by atoms with Gasteiger partial charge in [0.05, 0.1) is 29.4 Å². The second kappa shape index (κ2) is 9.46. The number of allylic oxidation sites excluding steroid dienone is 3. The second-order valence-electron chi connectivity index (χ2n) is 11.6. The summed E-state index contributed by atoms with van der Waals surface area (Å²) in [5.74, 6) is -4.35. The Morgan fingerprint density at radius 1 is 1.10 bits per heavy atom. The number of hydrogen-bond acceptors (Lipinski definition) is 2. The van der Waals surface area contributed by atoms with Crippen molar-refractivity contribution < 1.29 is 22.4 Å². The van der Waals surface area contributed by atoms with Crippen LogP contribution in [-0.2, 0) is 11.2 Å². The molecule has 0 radical (unpaired) electrons. The molecular weight excluding hydrogens is 518 g/mol. The van der Waals surface area contributed by atoms with Crippen molar-refractivity contribution >= 4 is 17.7 Å². The van der Waals surface area contributed by atoms with Gasteiger partial charge in [-0.3, -0.25) is 4.79 Å². The maximum absolute atomic E-state index is 14.3. The molecule has 0 saturated heterocycles. The highest BCUT2D eigenvalue weighted by Gasteiger charge is 2.56. The molecule has 1 fully saturated rings. The van der Waals surface area contributed by atoms with E-state index >= 15 is 0 Å². The Hall–Kier alpha value is -3.68. The molecular formula is C32H31F4N3O. The molecule has 208 valence electrons. The number of anilines is 1. The normalized spacial score (nSPS) is 25.7. The molecule has 0 unspecified atom stereocenters. The van der Waals surface area contributed by atoms with E-state index in [1.807, 2.05) is 19.9 Å². The molecule has 1 heterocycles. The first-order valence-corrected chi connectivity index (χ1v) is 13.6. The maximum atomic E-state index is 14.3. The zero-order valence-electron chi connectivity index (χ0n) is 22.6. The fourth-order valence-corrected chi connectivity index (χ4v) is 6.98. The number of aromatic nitrogens is 2. The summed E-state index contributed by atoms with van der Waals surface area (Å²) in [4.78, 5) is 13.6. The number of fused-ring (bicyclic) bond motifs is 4. The minimum atomic E-state index is -4.49. The predicted octanol–water partition coefficient (Wildman–Crippen LogP) is 7.75. The van der Waals surface area contributed by atoms with Crippen LogP contribution in [-0.4, -0.2) is 21.9 Å². The number of carbonyl (C=O) groups excluding carboxylic acids is 1. The van der Waals surface area contributed by atoms with Crippen molar-refractivity contribution in [3.63, 3.8) is 0 Å². The van der Waals surface area contributed by atoms with Crippen LogP contribution < -0.4 is 5.32 Å². The first-order chi connectivity index (χ1) is 19.0. The van der Waals surface area contributed by atoms with Gasteiger partial charge in [-0.1, -0.05) is 30.2 Å². The Labute approximate surface area is 230 Å². The van der Waals surface area contributed by atoms with Crippen LogP contribution >= 0.6 is 0 Å². The lowest BCUT2D eigenvalue weighted by atomic mass is 9.54. The van der Waals surface area contributed by atoms with E-state index in [2.05, 4.69) is 23.4 Å². The molecule has 1 amide bonds. The van der Waals surface area contributed by atoms with Gasteiger partial charge in [-0.2, -0.15) is 18.3 Å². The molecule has 8 heteroatoms. The number of nitrogens with one attached hydrogen (secondary N) is 1. The number of aryl methyl sites for hydroxylation is 2. The van der Waals surface area contributed by atoms with Crippen LogP contribution in [0.25, 0.3) is 11.8 Å². The van der Waals surface area contributed by atoms with E-state index < -0.39 is 35.3 Å². The Balaban J connectivity index is 1.35. The number of hydrogen-bond donors (Lipinski definition) is 1. The number of nitrogens with zero attached hydrogens (tertiary/aromatic N) is 2. The number of carbonyl (C=O) groups is 1. The summed E-state index contributed by atoms with van der Waals surface area (Å²) in [6.45, 7) is 5.95. The fourth-order valence-electron chi connectivity index (χ4n) is 6.98. The third kappa shape index (κ3) is 4.38. The second-order valence-corrected chi connectivity index (χ2v) is 11.6. The number of amides is 1. The molecule has 6 rings (SSSR count). The number of halogens is 4. The molecule has 0 bridgehead atoms. The standard InChI is InChI=1S/C32H31F4N3O/c1-18-4-8-23(14-19(18)2)38-30(40)29-25-11-5-21-15-28-20(17-37-39(28)24-9-6-22(33)7-10-24)16-31(21,3)26(25)12-13-27(29)32(34,35)36/h4,6-10,12,14-15,17,25,27,29H,5,11,13,16H2,1-3H3,(H,38,40)/t25-,27+,29+,31-/m0/s1. The van der Waals surface area contributed by atoms with E-state index in [1.54, 1.807) is 41.2 Å². The lowest BCUT2D eigenvalue weighted by molar-refractivity contribution is -0.196. The van der Waals surface area contributed by atoms with E-state index in [9.17, 15) is 22.4 Å². The van der Waals surface area contributed by atoms with Crippen LogP contribution in [0.3, 0.4) is 0 Å². The van der Waals surface area contributed by atoms with Gasteiger partial charge in [-0.15, -0.1) is 0 Å². The highest BCUT2D eigenvalue weighted by molar-refractivity contribution is 5.93. The summed E-state index contributed by atoms with van der Waals surface area (Å²) in [7, 11) is 0. The van der Waals surface area contributed by atoms with Gasteiger partial charge in [-0.05, 0) is 105 Å². The third-order valence-electron chi connectivity index (χ3n) is 9.24. The molecule has 4 nitrogen and oxygen atoms in total. The van der Waals surface area contributed by atoms with E-state index in [0.29, 0.717) is 24.9 Å². The highest BCUT2D eigenvalue weighted by atomic mass is 19.4. The Morgan fingerprint density at radius 3 is 2.55 bits per heavy atom. The summed E-state index contributed by atoms with van der Waals surface area (Å²) in [6.07, 6.45) is 2.56. The van der Waals surface area contributed by atoms with Crippen LogP contribution in [0.5, 0.6) is 0 Å². The molecule has 3 aromatic rings. The van der Waals surface area contributed by atoms with Gasteiger partial charge in [0.2, 0.25) is 5.91 Å². The van der Waals surface area contributed by atoms with Gasteiger partial charge in [0.1, 0.15) is 5.82 Å². The van der Waals surface area contributed by atoms with Gasteiger partial charge in [0, 0.05) is 11.1 Å². The number of benzene rings is 2. The van der Waals surface area contributed by atoms with Crippen LogP contribution in [0.15, 0.2) is 65.9 Å². The summed E-state index contributed by atoms with van der Waals surface area (Å²) in [6, 6.07) is 11.5. The zero-order chi connectivity index (χ0) is 28.4. The smallest absolute Gasteiger partial charge is 0.326 e. The van der Waals surface area contributed by atoms with E-state index in [1.165, 1.54) is 12.1 Å². The van der Waals surface area contributed by atoms with Crippen molar-refractivity contribution in [2.24, 2.45) is 23.2 Å². The Bertz CT molecular complexity index is 1550. The lowest BCUT2D eigenvalue weighted by Gasteiger charge is -2.50. The first-order valence-electron chi connectivity index (χ1n) is 13.6. The van der Waals surface area contributed by atoms with Crippen LogP contribution in [0.4, 0.5) is 23.2 Å². The SMILES string of the molecule is Cc1ccc(NC(=O)[C@H]2[C@H](C(F)(F)F)CC=C3[C@@H]2CCC2=Cc4c(cnn4-c4ccc(F)cc4)C[C@@]23C)cc1C. The van der Waals surface area contributed by atoms with Gasteiger partial charge < -0.3 is 5.32 Å². The Kier molecular flexibility index (Phi) is 6.28. The average molecular weight is 550 g/mol. The van der Waals surface area contributed by atoms with E-state index in [0.717, 1.165) is 39.2 Å². The quantitative estimate of drug-likeness (QED) is 0.268. The third-order valence-corrected chi connectivity index (χ3v) is 9.24. The van der Waals surface area contributed by atoms with Crippen molar-refractivity contribution in [3.05, 3.63) is 94.1 Å². The molecule has 40 heavy (non-hydrogen) atoms. The lowest BCUT2D eigenvalue weighted by Crippen LogP contribution is -2.49. The van der Waals surface area contributed by atoms with Crippen molar-refractivity contribution in [3.8, 4) is 5.69 Å². The van der Waals surface area contributed by atoms with Crippen LogP contribution in [0, 0.1) is 42.8 Å². The highest BCUT2D eigenvalue weighted by Crippen LogP contribution is 2.59. The number of rotatable bonds is 3. The van der Waals surface area contributed by atoms with Gasteiger partial charge in [-0.25, -0.2) is 9.07 Å². The van der Waals surface area contributed by atoms with Crippen molar-refractivity contribution in [1.29, 1.82) is 0 Å². The maximum Gasteiger partial charge on any atom is 0.392 e. The Morgan fingerprint density at radius 2 is 1.85 bits per heavy atom. The fraction of sp³-hybridized carbons (Fsp3) is 0.375. The molecule has 3 aliphatic carbocycles. The molecule has 1 saturated carbocycles. The molecule has 4 atom stereocenters. The first kappa shape index (κ1) is 26.5. The van der Waals surface area contributed by atoms with Crippen molar-refractivity contribution in [2.75, 3.05) is 5.32 Å². The molecule has 2 aromatic carbocycles. The minimum Gasteiger partial charge on any atom is -0.326 e. The topological polar surface area (TPSA) is 46.9 Å². The van der Waals surface area contributed by atoms with E-state index in [-0.39, 0.29) is 12.2 Å². The number of alkyl halides is 3. The summed E-state index contributed by atoms with van der Waals surface area (Å²) in [5.41, 5.74) is 6.71. The van der Waals surface area contributed by atoms with Crippen molar-refractivity contribution in [2.45, 2.75) is 52.6 Å². The average Bonchev–Trinajstić information content (AvgIpc) is 3.30. The summed E-state index contributed by atoms with van der Waals surface area (Å²) < 4.78 is 58.3. The van der Waals surface area contributed by atoms with Crippen LogP contribution in [0.1, 0.15) is 48.6 Å². The van der Waals surface area contributed by atoms with Gasteiger partial charge in [0.15, 0.2) is 0 Å². The van der Waals surface area contributed by atoms with Crippen molar-refractivity contribution in [1.82, 2.24) is 9.78 Å². The van der Waals surface area contributed by atoms with E-state index in [4.69, 9.17) is 0 Å². The molecule has 3 aliphatic rings. The molecule has 0 spiro atoms. The summed E-state index contributed by atoms with van der Waals surface area (Å²) in [5, 5.41) is 7.38.